The lowest BCUT2D eigenvalue weighted by Crippen LogP contribution is -2.34. The van der Waals surface area contributed by atoms with Crippen molar-refractivity contribution in [3.05, 3.63) is 75.5 Å². The molecule has 0 atom stereocenters. The average molecular weight is 444 g/mol. The maximum absolute atomic E-state index is 12.9. The summed E-state index contributed by atoms with van der Waals surface area (Å²) in [4.78, 5) is 1.37. The largest absolute Gasteiger partial charge is 0.491 e. The summed E-state index contributed by atoms with van der Waals surface area (Å²) in [6.45, 7) is 1.63. The van der Waals surface area contributed by atoms with Gasteiger partial charge in [-0.15, -0.1) is 11.3 Å². The molecular weight excluding hydrogens is 429 g/mol. The van der Waals surface area contributed by atoms with Crippen LogP contribution < -0.4 is 5.46 Å². The molecule has 0 radical (unpaired) electrons. The number of aryl methyl sites for hydroxylation is 1. The molecule has 30 heavy (non-hydrogen) atoms. The van der Waals surface area contributed by atoms with Crippen LogP contribution in [0.4, 0.5) is 26.3 Å². The van der Waals surface area contributed by atoms with E-state index >= 15 is 0 Å². The zero-order valence-corrected chi connectivity index (χ0v) is 16.3. The molecule has 1 heterocycles. The molecular formula is C20H15BF6O2S. The molecule has 0 aliphatic rings. The van der Waals surface area contributed by atoms with Crippen LogP contribution in [0.1, 0.15) is 20.9 Å². The van der Waals surface area contributed by atoms with Gasteiger partial charge in [0.15, 0.2) is 0 Å². The second kappa shape index (κ2) is 8.45. The number of benzene rings is 2. The summed E-state index contributed by atoms with van der Waals surface area (Å²) in [5.41, 5.74) is -0.720. The van der Waals surface area contributed by atoms with Crippen molar-refractivity contribution in [2.75, 3.05) is 0 Å². The third-order valence-electron chi connectivity index (χ3n) is 4.35. The molecule has 0 aliphatic heterocycles. The minimum Gasteiger partial charge on any atom is -0.423 e. The third kappa shape index (κ3) is 5.24. The quantitative estimate of drug-likeness (QED) is 0.406. The Balaban J connectivity index is 1.74. The molecule has 0 saturated carbocycles. The predicted molar refractivity (Wildman–Crippen MR) is 103 cm³/mol. The summed E-state index contributed by atoms with van der Waals surface area (Å²) in [7, 11) is -1.58. The normalized spacial score (nSPS) is 12.3. The van der Waals surface area contributed by atoms with Gasteiger partial charge in [0, 0.05) is 9.75 Å². The fourth-order valence-corrected chi connectivity index (χ4v) is 3.87. The molecule has 0 fully saturated rings. The first-order chi connectivity index (χ1) is 13.9. The molecule has 0 spiro atoms. The Bertz CT molecular complexity index is 1030. The van der Waals surface area contributed by atoms with Crippen LogP contribution in [0.25, 0.3) is 11.1 Å². The highest BCUT2D eigenvalue weighted by Crippen LogP contribution is 2.36. The lowest BCUT2D eigenvalue weighted by molar-refractivity contribution is -0.138. The SMILES string of the molecule is Cc1sc(COB(O)c2cccc(C(F)(F)F)c2)cc1-c1cccc(C(F)(F)F)c1. The lowest BCUT2D eigenvalue weighted by Gasteiger charge is -2.11. The highest BCUT2D eigenvalue weighted by Gasteiger charge is 2.32. The zero-order chi connectivity index (χ0) is 22.1. The third-order valence-corrected chi connectivity index (χ3v) is 5.38. The zero-order valence-electron chi connectivity index (χ0n) is 15.5. The number of hydrogen-bond acceptors (Lipinski definition) is 3. The van der Waals surface area contributed by atoms with E-state index in [2.05, 4.69) is 0 Å². The van der Waals surface area contributed by atoms with E-state index in [9.17, 15) is 31.4 Å². The Labute approximate surface area is 172 Å². The van der Waals surface area contributed by atoms with Gasteiger partial charge in [0.1, 0.15) is 0 Å². The van der Waals surface area contributed by atoms with E-state index in [4.69, 9.17) is 4.65 Å². The van der Waals surface area contributed by atoms with Gasteiger partial charge in [-0.05, 0) is 41.7 Å². The van der Waals surface area contributed by atoms with E-state index in [-0.39, 0.29) is 12.1 Å². The molecule has 0 saturated heterocycles. The van der Waals surface area contributed by atoms with Crippen LogP contribution >= 0.6 is 11.3 Å². The number of hydrogen-bond donors (Lipinski definition) is 1. The summed E-state index contributed by atoms with van der Waals surface area (Å²) < 4.78 is 82.5. The summed E-state index contributed by atoms with van der Waals surface area (Å²) >= 11 is 1.27. The summed E-state index contributed by atoms with van der Waals surface area (Å²) in [6.07, 6.45) is -9.00. The maximum Gasteiger partial charge on any atom is 0.491 e. The van der Waals surface area contributed by atoms with E-state index in [1.807, 2.05) is 0 Å². The smallest absolute Gasteiger partial charge is 0.423 e. The second-order valence-corrected chi connectivity index (χ2v) is 7.89. The first-order valence-electron chi connectivity index (χ1n) is 8.69. The second-order valence-electron chi connectivity index (χ2n) is 6.55. The van der Waals surface area contributed by atoms with Crippen molar-refractivity contribution in [2.45, 2.75) is 25.9 Å². The number of alkyl halides is 6. The standard InChI is InChI=1S/C20H15BF6O2S/c1-12-18(13-4-2-5-14(8-13)19(22,23)24)10-17(30-12)11-29-21(28)16-7-3-6-15(9-16)20(25,26)27/h2-10,28H,11H2,1H3. The molecule has 2 aromatic carbocycles. The van der Waals surface area contributed by atoms with Crippen molar-refractivity contribution in [3.63, 3.8) is 0 Å². The van der Waals surface area contributed by atoms with Crippen molar-refractivity contribution in [3.8, 4) is 11.1 Å². The molecule has 0 unspecified atom stereocenters. The minimum absolute atomic E-state index is 0.0452. The molecule has 3 rings (SSSR count). The van der Waals surface area contributed by atoms with Crippen molar-refractivity contribution < 1.29 is 36.0 Å². The van der Waals surface area contributed by atoms with Crippen LogP contribution in [-0.4, -0.2) is 12.1 Å². The molecule has 3 aromatic rings. The summed E-state index contributed by atoms with van der Waals surface area (Å²) in [5, 5.41) is 10.1. The van der Waals surface area contributed by atoms with Crippen LogP contribution in [-0.2, 0) is 23.6 Å². The van der Waals surface area contributed by atoms with E-state index in [1.54, 1.807) is 19.1 Å². The van der Waals surface area contributed by atoms with Gasteiger partial charge in [-0.2, -0.15) is 26.3 Å². The van der Waals surface area contributed by atoms with E-state index in [0.29, 0.717) is 16.0 Å². The van der Waals surface area contributed by atoms with Crippen LogP contribution in [0, 0.1) is 6.92 Å². The van der Waals surface area contributed by atoms with Crippen molar-refractivity contribution >= 4 is 23.9 Å². The monoisotopic (exact) mass is 444 g/mol. The van der Waals surface area contributed by atoms with Crippen molar-refractivity contribution in [1.29, 1.82) is 0 Å². The molecule has 1 N–H and O–H groups in total. The predicted octanol–water partition coefficient (Wildman–Crippen LogP) is 5.67. The van der Waals surface area contributed by atoms with Gasteiger partial charge in [-0.3, -0.25) is 0 Å². The van der Waals surface area contributed by atoms with Crippen LogP contribution in [0.3, 0.4) is 0 Å². The topological polar surface area (TPSA) is 29.5 Å². The maximum atomic E-state index is 12.9. The van der Waals surface area contributed by atoms with E-state index < -0.39 is 30.6 Å². The average Bonchev–Trinajstić information content (AvgIpc) is 3.05. The number of halogens is 6. The van der Waals surface area contributed by atoms with Gasteiger partial charge in [0.2, 0.25) is 0 Å². The molecule has 2 nitrogen and oxygen atoms in total. The Morgan fingerprint density at radius 2 is 1.50 bits per heavy atom. The Morgan fingerprint density at radius 1 is 0.900 bits per heavy atom. The molecule has 10 heteroatoms. The minimum atomic E-state index is -4.54. The van der Waals surface area contributed by atoms with Crippen LogP contribution in [0.2, 0.25) is 0 Å². The van der Waals surface area contributed by atoms with Crippen molar-refractivity contribution in [1.82, 2.24) is 0 Å². The van der Waals surface area contributed by atoms with E-state index in [0.717, 1.165) is 29.1 Å². The molecule has 0 bridgehead atoms. The first-order valence-corrected chi connectivity index (χ1v) is 9.50. The lowest BCUT2D eigenvalue weighted by atomic mass is 9.79. The van der Waals surface area contributed by atoms with Gasteiger partial charge in [-0.1, -0.05) is 36.4 Å². The Morgan fingerprint density at radius 3 is 2.13 bits per heavy atom. The number of thiophene rings is 1. The number of rotatable bonds is 5. The van der Waals surface area contributed by atoms with Gasteiger partial charge in [-0.25, -0.2) is 0 Å². The van der Waals surface area contributed by atoms with E-state index in [1.165, 1.54) is 29.5 Å². The van der Waals surface area contributed by atoms with Crippen molar-refractivity contribution in [2.24, 2.45) is 0 Å². The summed E-state index contributed by atoms with van der Waals surface area (Å²) in [5.74, 6) is 0. The van der Waals surface area contributed by atoms with Gasteiger partial charge in [0.05, 0.1) is 17.7 Å². The highest BCUT2D eigenvalue weighted by atomic mass is 32.1. The molecule has 1 aromatic heterocycles. The van der Waals surface area contributed by atoms with Gasteiger partial charge in [0.25, 0.3) is 0 Å². The van der Waals surface area contributed by atoms with Crippen LogP contribution in [0.15, 0.2) is 54.6 Å². The van der Waals surface area contributed by atoms with Gasteiger partial charge < -0.3 is 9.68 Å². The summed E-state index contributed by atoms with van der Waals surface area (Å²) in [6, 6.07) is 10.7. The highest BCUT2D eigenvalue weighted by molar-refractivity contribution is 7.12. The molecule has 158 valence electrons. The Kier molecular flexibility index (Phi) is 6.30. The molecule has 0 aliphatic carbocycles. The Hall–Kier alpha value is -2.30. The van der Waals surface area contributed by atoms with Crippen LogP contribution in [0.5, 0.6) is 0 Å². The first kappa shape index (κ1) is 22.4. The van der Waals surface area contributed by atoms with Gasteiger partial charge >= 0.3 is 19.5 Å². The molecule has 0 amide bonds. The fraction of sp³-hybridized carbons (Fsp3) is 0.200. The fourth-order valence-electron chi connectivity index (χ4n) is 2.89.